The van der Waals surface area contributed by atoms with Gasteiger partial charge in [-0.1, -0.05) is 23.4 Å². The molecule has 2 aromatic rings. The summed E-state index contributed by atoms with van der Waals surface area (Å²) in [6.45, 7) is -1.39. The number of para-hydroxylation sites is 1. The molecular formula is C12H12F3N3O2. The second kappa shape index (κ2) is 6.38. The largest absolute Gasteiger partial charge is 0.411 e. The Morgan fingerprint density at radius 3 is 2.65 bits per heavy atom. The van der Waals surface area contributed by atoms with Crippen molar-refractivity contribution >= 4 is 5.69 Å². The van der Waals surface area contributed by atoms with E-state index < -0.39 is 12.8 Å². The number of hydrogen-bond acceptors (Lipinski definition) is 5. The van der Waals surface area contributed by atoms with Crippen molar-refractivity contribution in [1.29, 1.82) is 0 Å². The first-order chi connectivity index (χ1) is 9.53. The van der Waals surface area contributed by atoms with Crippen molar-refractivity contribution in [2.75, 3.05) is 11.9 Å². The number of nitrogens with zero attached hydrogens (tertiary/aromatic N) is 2. The van der Waals surface area contributed by atoms with Crippen LogP contribution in [-0.4, -0.2) is 22.9 Å². The molecule has 0 saturated carbocycles. The first-order valence-corrected chi connectivity index (χ1v) is 5.78. The topological polar surface area (TPSA) is 60.2 Å². The second-order valence-corrected chi connectivity index (χ2v) is 3.93. The molecule has 20 heavy (non-hydrogen) atoms. The standard InChI is InChI=1S/C12H12F3N3O2/c13-12(14,15)8-19-7-10-17-11(20-18-10)6-16-9-4-2-1-3-5-9/h1-5,16H,6-8H2. The van der Waals surface area contributed by atoms with Gasteiger partial charge in [0.25, 0.3) is 0 Å². The smallest absolute Gasteiger partial charge is 0.376 e. The molecule has 0 amide bonds. The molecule has 0 bridgehead atoms. The van der Waals surface area contributed by atoms with Crippen molar-refractivity contribution in [2.24, 2.45) is 0 Å². The van der Waals surface area contributed by atoms with Gasteiger partial charge < -0.3 is 14.6 Å². The molecule has 1 aromatic heterocycles. The van der Waals surface area contributed by atoms with Crippen molar-refractivity contribution in [3.63, 3.8) is 0 Å². The first kappa shape index (κ1) is 14.3. The highest BCUT2D eigenvalue weighted by molar-refractivity contribution is 5.42. The fourth-order valence-corrected chi connectivity index (χ4v) is 1.41. The maximum atomic E-state index is 11.9. The normalized spacial score (nSPS) is 11.6. The molecule has 0 radical (unpaired) electrons. The highest BCUT2D eigenvalue weighted by Crippen LogP contribution is 2.15. The van der Waals surface area contributed by atoms with Gasteiger partial charge in [-0.25, -0.2) is 0 Å². The Morgan fingerprint density at radius 2 is 1.95 bits per heavy atom. The van der Waals surface area contributed by atoms with Crippen molar-refractivity contribution in [3.8, 4) is 0 Å². The minimum atomic E-state index is -4.36. The van der Waals surface area contributed by atoms with Gasteiger partial charge in [-0.3, -0.25) is 0 Å². The third-order valence-corrected chi connectivity index (χ3v) is 2.22. The molecule has 2 rings (SSSR count). The van der Waals surface area contributed by atoms with Crippen LogP contribution in [0.25, 0.3) is 0 Å². The van der Waals surface area contributed by atoms with E-state index in [-0.39, 0.29) is 24.9 Å². The monoisotopic (exact) mass is 287 g/mol. The van der Waals surface area contributed by atoms with Crippen LogP contribution in [0.15, 0.2) is 34.9 Å². The van der Waals surface area contributed by atoms with Gasteiger partial charge in [0.2, 0.25) is 5.89 Å². The van der Waals surface area contributed by atoms with E-state index in [1.807, 2.05) is 30.3 Å². The van der Waals surface area contributed by atoms with E-state index >= 15 is 0 Å². The van der Waals surface area contributed by atoms with Crippen LogP contribution >= 0.6 is 0 Å². The zero-order chi connectivity index (χ0) is 14.4. The van der Waals surface area contributed by atoms with Crippen LogP contribution in [0.3, 0.4) is 0 Å². The van der Waals surface area contributed by atoms with E-state index in [2.05, 4.69) is 20.2 Å². The van der Waals surface area contributed by atoms with Crippen molar-refractivity contribution in [2.45, 2.75) is 19.3 Å². The Labute approximate surface area is 112 Å². The molecule has 0 aliphatic heterocycles. The Bertz CT molecular complexity index is 528. The predicted molar refractivity (Wildman–Crippen MR) is 63.8 cm³/mol. The maximum Gasteiger partial charge on any atom is 0.411 e. The molecule has 0 aliphatic rings. The number of halogens is 3. The third kappa shape index (κ3) is 4.88. The average Bonchev–Trinajstić information content (AvgIpc) is 2.84. The van der Waals surface area contributed by atoms with Crippen molar-refractivity contribution < 1.29 is 22.4 Å². The van der Waals surface area contributed by atoms with Gasteiger partial charge in [0.15, 0.2) is 5.82 Å². The van der Waals surface area contributed by atoms with Gasteiger partial charge >= 0.3 is 6.18 Å². The summed E-state index contributed by atoms with van der Waals surface area (Å²) in [5.41, 5.74) is 0.876. The fourth-order valence-electron chi connectivity index (χ4n) is 1.41. The number of rotatable bonds is 6. The zero-order valence-electron chi connectivity index (χ0n) is 10.4. The van der Waals surface area contributed by atoms with Crippen LogP contribution in [0.2, 0.25) is 0 Å². The SMILES string of the molecule is FC(F)(F)COCc1noc(CNc2ccccc2)n1. The lowest BCUT2D eigenvalue weighted by atomic mass is 10.3. The molecule has 0 unspecified atom stereocenters. The third-order valence-electron chi connectivity index (χ3n) is 2.22. The Morgan fingerprint density at radius 1 is 1.20 bits per heavy atom. The van der Waals surface area contributed by atoms with E-state index in [4.69, 9.17) is 4.52 Å². The quantitative estimate of drug-likeness (QED) is 0.885. The molecule has 1 heterocycles. The minimum absolute atomic E-state index is 0.0825. The second-order valence-electron chi connectivity index (χ2n) is 3.93. The van der Waals surface area contributed by atoms with Gasteiger partial charge in [-0.05, 0) is 12.1 Å². The van der Waals surface area contributed by atoms with Crippen LogP contribution in [0.5, 0.6) is 0 Å². The van der Waals surface area contributed by atoms with Crippen LogP contribution in [-0.2, 0) is 17.9 Å². The van der Waals surface area contributed by atoms with Crippen LogP contribution < -0.4 is 5.32 Å². The van der Waals surface area contributed by atoms with Gasteiger partial charge in [0.1, 0.15) is 13.2 Å². The molecule has 0 aliphatic carbocycles. The average molecular weight is 287 g/mol. The fraction of sp³-hybridized carbons (Fsp3) is 0.333. The summed E-state index contributed by atoms with van der Waals surface area (Å²) in [6, 6.07) is 9.35. The first-order valence-electron chi connectivity index (χ1n) is 5.78. The van der Waals surface area contributed by atoms with Crippen LogP contribution in [0.4, 0.5) is 18.9 Å². The highest BCUT2D eigenvalue weighted by Gasteiger charge is 2.27. The molecule has 0 atom stereocenters. The molecule has 0 spiro atoms. The minimum Gasteiger partial charge on any atom is -0.376 e. The van der Waals surface area contributed by atoms with Gasteiger partial charge in [0.05, 0.1) is 6.54 Å². The maximum absolute atomic E-state index is 11.9. The Hall–Kier alpha value is -2.09. The lowest BCUT2D eigenvalue weighted by Gasteiger charge is -2.04. The van der Waals surface area contributed by atoms with E-state index in [0.29, 0.717) is 0 Å². The van der Waals surface area contributed by atoms with Crippen LogP contribution in [0.1, 0.15) is 11.7 Å². The van der Waals surface area contributed by atoms with Gasteiger partial charge in [0, 0.05) is 5.69 Å². The highest BCUT2D eigenvalue weighted by atomic mass is 19.4. The molecule has 1 N–H and O–H groups in total. The van der Waals surface area contributed by atoms with Gasteiger partial charge in [-0.15, -0.1) is 0 Å². The van der Waals surface area contributed by atoms with Crippen molar-refractivity contribution in [3.05, 3.63) is 42.0 Å². The lowest BCUT2D eigenvalue weighted by molar-refractivity contribution is -0.177. The summed E-state index contributed by atoms with van der Waals surface area (Å²) in [5.74, 6) is 0.360. The number of ether oxygens (including phenoxy) is 1. The summed E-state index contributed by atoms with van der Waals surface area (Å²) >= 11 is 0. The zero-order valence-corrected chi connectivity index (χ0v) is 10.4. The molecule has 8 heteroatoms. The molecule has 0 saturated heterocycles. The van der Waals surface area contributed by atoms with Gasteiger partial charge in [-0.2, -0.15) is 18.2 Å². The summed E-state index contributed by atoms with van der Waals surface area (Å²) in [5, 5.41) is 6.57. The Balaban J connectivity index is 1.77. The number of alkyl halides is 3. The predicted octanol–water partition coefficient (Wildman–Crippen LogP) is 2.76. The lowest BCUT2D eigenvalue weighted by Crippen LogP contribution is -2.17. The Kier molecular flexibility index (Phi) is 4.57. The number of benzene rings is 1. The molecule has 5 nitrogen and oxygen atoms in total. The summed E-state index contributed by atoms with van der Waals surface area (Å²) in [7, 11) is 0. The van der Waals surface area contributed by atoms with E-state index in [1.54, 1.807) is 0 Å². The summed E-state index contributed by atoms with van der Waals surface area (Å²) < 4.78 is 44.9. The van der Waals surface area contributed by atoms with E-state index in [9.17, 15) is 13.2 Å². The number of anilines is 1. The molecule has 0 fully saturated rings. The molecule has 108 valence electrons. The van der Waals surface area contributed by atoms with Crippen molar-refractivity contribution in [1.82, 2.24) is 10.1 Å². The van der Waals surface area contributed by atoms with Crippen LogP contribution in [0, 0.1) is 0 Å². The summed E-state index contributed by atoms with van der Waals surface area (Å²) in [4.78, 5) is 3.91. The number of nitrogens with one attached hydrogen (secondary N) is 1. The summed E-state index contributed by atoms with van der Waals surface area (Å²) in [6.07, 6.45) is -4.36. The molecule has 1 aromatic carbocycles. The molecular weight excluding hydrogens is 275 g/mol. The number of aromatic nitrogens is 2. The van der Waals surface area contributed by atoms with E-state index in [1.165, 1.54) is 0 Å². The van der Waals surface area contributed by atoms with E-state index in [0.717, 1.165) is 5.69 Å². The number of hydrogen-bond donors (Lipinski definition) is 1.